The first-order valence-corrected chi connectivity index (χ1v) is 13.2. The van der Waals surface area contributed by atoms with Crippen LogP contribution in [0.2, 0.25) is 5.02 Å². The number of halogens is 1. The van der Waals surface area contributed by atoms with E-state index in [9.17, 15) is 13.2 Å². The molecule has 1 amide bonds. The van der Waals surface area contributed by atoms with E-state index in [4.69, 9.17) is 20.8 Å². The molecule has 0 saturated carbocycles. The first-order chi connectivity index (χ1) is 17.8. The Labute approximate surface area is 219 Å². The van der Waals surface area contributed by atoms with E-state index in [2.05, 4.69) is 5.32 Å². The van der Waals surface area contributed by atoms with Crippen molar-refractivity contribution in [1.82, 2.24) is 0 Å². The summed E-state index contributed by atoms with van der Waals surface area (Å²) in [5.41, 5.74) is 2.88. The molecule has 0 spiro atoms. The molecule has 0 aliphatic rings. The minimum absolute atomic E-state index is 0.0385. The quantitative estimate of drug-likeness (QED) is 0.261. The molecule has 7 nitrogen and oxygen atoms in total. The number of amides is 1. The van der Waals surface area contributed by atoms with Gasteiger partial charge in [0.2, 0.25) is 5.91 Å². The first kappa shape index (κ1) is 24.7. The molecular formula is C28H23ClN2O5S. The molecule has 0 aliphatic heterocycles. The molecule has 188 valence electrons. The zero-order valence-corrected chi connectivity index (χ0v) is 21.6. The van der Waals surface area contributed by atoms with Crippen LogP contribution in [0.3, 0.4) is 0 Å². The second kappa shape index (κ2) is 9.80. The van der Waals surface area contributed by atoms with Crippen molar-refractivity contribution in [2.75, 3.05) is 23.3 Å². The topological polar surface area (TPSA) is 88.8 Å². The van der Waals surface area contributed by atoms with E-state index in [-0.39, 0.29) is 16.3 Å². The van der Waals surface area contributed by atoms with Crippen molar-refractivity contribution in [3.8, 4) is 5.75 Å². The van der Waals surface area contributed by atoms with Crippen molar-refractivity contribution in [3.05, 3.63) is 95.5 Å². The van der Waals surface area contributed by atoms with Crippen molar-refractivity contribution >= 4 is 60.8 Å². The molecule has 4 aromatic carbocycles. The normalized spacial score (nSPS) is 11.5. The van der Waals surface area contributed by atoms with Gasteiger partial charge in [-0.3, -0.25) is 9.10 Å². The highest BCUT2D eigenvalue weighted by molar-refractivity contribution is 7.92. The van der Waals surface area contributed by atoms with Gasteiger partial charge in [-0.15, -0.1) is 0 Å². The number of methoxy groups -OCH3 is 1. The van der Waals surface area contributed by atoms with Crippen LogP contribution in [0.15, 0.2) is 94.2 Å². The molecule has 5 rings (SSSR count). The average Bonchev–Trinajstić information content (AvgIpc) is 3.25. The summed E-state index contributed by atoms with van der Waals surface area (Å²) in [4.78, 5) is 13.2. The number of benzene rings is 4. The maximum Gasteiger partial charge on any atom is 0.264 e. The van der Waals surface area contributed by atoms with Gasteiger partial charge in [0.15, 0.2) is 0 Å². The van der Waals surface area contributed by atoms with E-state index in [1.54, 1.807) is 36.4 Å². The Morgan fingerprint density at radius 3 is 2.43 bits per heavy atom. The van der Waals surface area contributed by atoms with E-state index >= 15 is 0 Å². The number of ether oxygens (including phenoxy) is 1. The van der Waals surface area contributed by atoms with Gasteiger partial charge in [0.05, 0.1) is 17.7 Å². The van der Waals surface area contributed by atoms with E-state index in [1.165, 1.54) is 25.3 Å². The van der Waals surface area contributed by atoms with Gasteiger partial charge in [-0.05, 0) is 55.5 Å². The van der Waals surface area contributed by atoms with Crippen LogP contribution in [0.25, 0.3) is 21.9 Å². The summed E-state index contributed by atoms with van der Waals surface area (Å²) >= 11 is 6.20. The van der Waals surface area contributed by atoms with Gasteiger partial charge >= 0.3 is 0 Å². The number of aryl methyl sites for hydroxylation is 1. The molecule has 9 heteroatoms. The Kier molecular flexibility index (Phi) is 6.54. The highest BCUT2D eigenvalue weighted by Gasteiger charge is 2.30. The van der Waals surface area contributed by atoms with Crippen LogP contribution in [0, 0.1) is 6.92 Å². The summed E-state index contributed by atoms with van der Waals surface area (Å²) in [6, 6.07) is 24.0. The lowest BCUT2D eigenvalue weighted by Crippen LogP contribution is -2.38. The molecule has 37 heavy (non-hydrogen) atoms. The molecule has 1 aromatic heterocycles. The maximum atomic E-state index is 13.7. The van der Waals surface area contributed by atoms with Crippen molar-refractivity contribution in [3.63, 3.8) is 0 Å². The van der Waals surface area contributed by atoms with Crippen molar-refractivity contribution in [2.45, 2.75) is 11.8 Å². The largest absolute Gasteiger partial charge is 0.495 e. The van der Waals surface area contributed by atoms with E-state index in [0.717, 1.165) is 26.2 Å². The number of sulfonamides is 1. The smallest absolute Gasteiger partial charge is 0.264 e. The number of carbonyl (C=O) groups excluding carboxylic acids is 1. The van der Waals surface area contributed by atoms with E-state index in [0.29, 0.717) is 16.3 Å². The highest BCUT2D eigenvalue weighted by atomic mass is 35.5. The standard InChI is InChI=1S/C28H23ClN2O5S/c1-18-7-11-21(12-8-18)37(33,34)31(24-15-19(29)9-14-26(24)35-2)17-28(32)30-20-10-13-23-22-5-3-4-6-25(22)36-27(23)16-20/h3-16H,17H2,1-2H3,(H,30,32). The number of hydrogen-bond acceptors (Lipinski definition) is 5. The molecule has 0 fully saturated rings. The third-order valence-corrected chi connectivity index (χ3v) is 7.98. The fourth-order valence-electron chi connectivity index (χ4n) is 4.13. The third kappa shape index (κ3) is 4.85. The van der Waals surface area contributed by atoms with Gasteiger partial charge in [-0.1, -0.05) is 47.5 Å². The molecule has 0 radical (unpaired) electrons. The Hall–Kier alpha value is -4.01. The van der Waals surface area contributed by atoms with Gasteiger partial charge in [-0.2, -0.15) is 0 Å². The van der Waals surface area contributed by atoms with Crippen molar-refractivity contribution in [2.24, 2.45) is 0 Å². The molecule has 0 saturated heterocycles. The second-order valence-corrected chi connectivity index (χ2v) is 10.8. The number of nitrogens with one attached hydrogen (secondary N) is 1. The van der Waals surface area contributed by atoms with Gasteiger partial charge in [0.25, 0.3) is 10.0 Å². The van der Waals surface area contributed by atoms with Crippen LogP contribution in [-0.4, -0.2) is 28.0 Å². The van der Waals surface area contributed by atoms with E-state index < -0.39 is 22.5 Å². The minimum Gasteiger partial charge on any atom is -0.495 e. The number of hydrogen-bond donors (Lipinski definition) is 1. The second-order valence-electron chi connectivity index (χ2n) is 8.50. The molecule has 1 N–H and O–H groups in total. The number of rotatable bonds is 7. The lowest BCUT2D eigenvalue weighted by Gasteiger charge is -2.26. The van der Waals surface area contributed by atoms with Crippen molar-refractivity contribution in [1.29, 1.82) is 0 Å². The van der Waals surface area contributed by atoms with Gasteiger partial charge in [0.1, 0.15) is 23.5 Å². The Morgan fingerprint density at radius 1 is 0.946 bits per heavy atom. The van der Waals surface area contributed by atoms with Crippen LogP contribution in [0.5, 0.6) is 5.75 Å². The summed E-state index contributed by atoms with van der Waals surface area (Å²) in [5, 5.41) is 4.97. The zero-order valence-electron chi connectivity index (χ0n) is 20.1. The molecule has 0 unspecified atom stereocenters. The number of fused-ring (bicyclic) bond motifs is 3. The molecule has 0 atom stereocenters. The number of anilines is 2. The SMILES string of the molecule is COc1ccc(Cl)cc1N(CC(=O)Nc1ccc2c(c1)oc1ccccc12)S(=O)(=O)c1ccc(C)cc1. The first-order valence-electron chi connectivity index (χ1n) is 11.4. The molecule has 5 aromatic rings. The molecular weight excluding hydrogens is 512 g/mol. The monoisotopic (exact) mass is 534 g/mol. The van der Waals surface area contributed by atoms with Gasteiger partial charge in [0, 0.05) is 27.5 Å². The maximum absolute atomic E-state index is 13.7. The van der Waals surface area contributed by atoms with Gasteiger partial charge in [-0.25, -0.2) is 8.42 Å². The Morgan fingerprint density at radius 2 is 1.68 bits per heavy atom. The number of para-hydroxylation sites is 1. The molecule has 1 heterocycles. The summed E-state index contributed by atoms with van der Waals surface area (Å²) in [6.45, 7) is 1.35. The Balaban J connectivity index is 1.49. The number of furan rings is 1. The summed E-state index contributed by atoms with van der Waals surface area (Å²) in [7, 11) is -2.72. The summed E-state index contributed by atoms with van der Waals surface area (Å²) in [6.07, 6.45) is 0. The molecule has 0 aliphatic carbocycles. The van der Waals surface area contributed by atoms with Crippen LogP contribution >= 0.6 is 11.6 Å². The number of carbonyl (C=O) groups is 1. The minimum atomic E-state index is -4.14. The molecule has 0 bridgehead atoms. The lowest BCUT2D eigenvalue weighted by atomic mass is 10.1. The zero-order chi connectivity index (χ0) is 26.2. The van der Waals surface area contributed by atoms with Crippen LogP contribution in [-0.2, 0) is 14.8 Å². The fourth-order valence-corrected chi connectivity index (χ4v) is 5.72. The lowest BCUT2D eigenvalue weighted by molar-refractivity contribution is -0.114. The fraction of sp³-hybridized carbons (Fsp3) is 0.107. The van der Waals surface area contributed by atoms with E-state index in [1.807, 2.05) is 37.3 Å². The van der Waals surface area contributed by atoms with Crippen LogP contribution in [0.1, 0.15) is 5.56 Å². The van der Waals surface area contributed by atoms with Crippen LogP contribution in [0.4, 0.5) is 11.4 Å². The summed E-state index contributed by atoms with van der Waals surface area (Å²) in [5.74, 6) is -0.287. The average molecular weight is 535 g/mol. The van der Waals surface area contributed by atoms with Crippen molar-refractivity contribution < 1.29 is 22.4 Å². The summed E-state index contributed by atoms with van der Waals surface area (Å²) < 4.78 is 39.7. The highest BCUT2D eigenvalue weighted by Crippen LogP contribution is 2.35. The van der Waals surface area contributed by atoms with Crippen LogP contribution < -0.4 is 14.4 Å². The van der Waals surface area contributed by atoms with Gasteiger partial charge < -0.3 is 14.5 Å². The predicted octanol–water partition coefficient (Wildman–Crippen LogP) is 6.39. The third-order valence-electron chi connectivity index (χ3n) is 5.97. The Bertz CT molecular complexity index is 1730. The number of nitrogens with zero attached hydrogens (tertiary/aromatic N) is 1. The predicted molar refractivity (Wildman–Crippen MR) is 146 cm³/mol.